The van der Waals surface area contributed by atoms with Crippen LogP contribution in [0.5, 0.6) is 0 Å². The van der Waals surface area contributed by atoms with E-state index in [9.17, 15) is 9.59 Å². The molecule has 6 heteroatoms. The number of carboxylic acids is 1. The van der Waals surface area contributed by atoms with Crippen molar-refractivity contribution in [3.05, 3.63) is 94.4 Å². The first-order valence-corrected chi connectivity index (χ1v) is 8.07. The molecule has 0 aliphatic rings. The van der Waals surface area contributed by atoms with E-state index in [1.54, 1.807) is 36.8 Å². The number of rotatable bonds is 4. The van der Waals surface area contributed by atoms with E-state index < -0.39 is 5.97 Å². The van der Waals surface area contributed by atoms with Crippen LogP contribution in [0.4, 0.5) is 0 Å². The van der Waals surface area contributed by atoms with Crippen LogP contribution >= 0.6 is 0 Å². The van der Waals surface area contributed by atoms with Gasteiger partial charge in [0, 0.05) is 42.5 Å². The highest BCUT2D eigenvalue weighted by atomic mass is 16.4. The molecule has 0 amide bonds. The highest BCUT2D eigenvalue weighted by molar-refractivity contribution is 5.87. The topological polar surface area (TPSA) is 87.5 Å². The second-order valence-electron chi connectivity index (χ2n) is 6.01. The third-order valence-corrected chi connectivity index (χ3v) is 4.30. The van der Waals surface area contributed by atoms with Crippen molar-refractivity contribution in [1.29, 1.82) is 0 Å². The summed E-state index contributed by atoms with van der Waals surface area (Å²) >= 11 is 0. The maximum atomic E-state index is 12.2. The minimum atomic E-state index is -0.959. The van der Waals surface area contributed by atoms with Crippen molar-refractivity contribution in [3.63, 3.8) is 0 Å². The Kier molecular flexibility index (Phi) is 3.85. The smallest absolute Gasteiger partial charge is 0.335 e. The van der Waals surface area contributed by atoms with Crippen LogP contribution in [-0.2, 0) is 6.42 Å². The van der Waals surface area contributed by atoms with Crippen molar-refractivity contribution < 1.29 is 9.90 Å². The molecule has 0 spiro atoms. The quantitative estimate of drug-likeness (QED) is 0.595. The number of hydrogen-bond acceptors (Lipinski definition) is 3. The highest BCUT2D eigenvalue weighted by Crippen LogP contribution is 2.22. The lowest BCUT2D eigenvalue weighted by molar-refractivity contribution is 0.0696. The number of hydrogen-bond donors (Lipinski definition) is 2. The third-order valence-electron chi connectivity index (χ3n) is 4.30. The minimum absolute atomic E-state index is 0.173. The summed E-state index contributed by atoms with van der Waals surface area (Å²) in [6, 6.07) is 12.4. The number of carbonyl (C=O) groups is 1. The van der Waals surface area contributed by atoms with Gasteiger partial charge in [0.2, 0.25) is 0 Å². The average molecular weight is 345 g/mol. The first kappa shape index (κ1) is 15.8. The zero-order chi connectivity index (χ0) is 18.1. The Morgan fingerprint density at radius 1 is 1.12 bits per heavy atom. The summed E-state index contributed by atoms with van der Waals surface area (Å²) in [6.07, 6.45) is 7.49. The molecule has 0 bridgehead atoms. The lowest BCUT2D eigenvalue weighted by atomic mass is 10.1. The fourth-order valence-electron chi connectivity index (χ4n) is 3.03. The molecule has 3 aromatic heterocycles. The first-order valence-electron chi connectivity index (χ1n) is 8.07. The number of benzene rings is 1. The molecule has 0 aliphatic heterocycles. The Morgan fingerprint density at radius 3 is 2.69 bits per heavy atom. The summed E-state index contributed by atoms with van der Waals surface area (Å²) in [5, 5.41) is 9.16. The van der Waals surface area contributed by atoms with Gasteiger partial charge in [-0.1, -0.05) is 12.1 Å². The van der Waals surface area contributed by atoms with Gasteiger partial charge in [-0.25, -0.2) is 4.79 Å². The van der Waals surface area contributed by atoms with Gasteiger partial charge in [0.25, 0.3) is 5.56 Å². The van der Waals surface area contributed by atoms with Crippen molar-refractivity contribution in [1.82, 2.24) is 14.4 Å². The summed E-state index contributed by atoms with van der Waals surface area (Å²) in [5.41, 5.74) is 4.23. The van der Waals surface area contributed by atoms with Crippen LogP contribution in [0.3, 0.4) is 0 Å². The Hall–Kier alpha value is -3.67. The maximum Gasteiger partial charge on any atom is 0.335 e. The first-order chi connectivity index (χ1) is 12.6. The Bertz CT molecular complexity index is 1160. The average Bonchev–Trinajstić information content (AvgIpc) is 3.12. The summed E-state index contributed by atoms with van der Waals surface area (Å²) in [6.45, 7) is 0. The van der Waals surface area contributed by atoms with E-state index in [0.29, 0.717) is 11.9 Å². The molecular weight excluding hydrogens is 330 g/mol. The molecule has 1 aromatic carbocycles. The lowest BCUT2D eigenvalue weighted by Gasteiger charge is -2.06. The number of aromatic carboxylic acids is 1. The van der Waals surface area contributed by atoms with Gasteiger partial charge in [0.15, 0.2) is 0 Å². The second-order valence-corrected chi connectivity index (χ2v) is 6.01. The summed E-state index contributed by atoms with van der Waals surface area (Å²) < 4.78 is 1.85. The molecule has 3 heterocycles. The van der Waals surface area contributed by atoms with Crippen molar-refractivity contribution >= 4 is 11.5 Å². The van der Waals surface area contributed by atoms with Gasteiger partial charge in [-0.15, -0.1) is 0 Å². The van der Waals surface area contributed by atoms with Crippen LogP contribution in [0.25, 0.3) is 16.6 Å². The van der Waals surface area contributed by atoms with E-state index in [-0.39, 0.29) is 11.1 Å². The third kappa shape index (κ3) is 2.88. The molecule has 6 nitrogen and oxygen atoms in total. The van der Waals surface area contributed by atoms with Gasteiger partial charge >= 0.3 is 5.97 Å². The van der Waals surface area contributed by atoms with Gasteiger partial charge < -0.3 is 14.5 Å². The van der Waals surface area contributed by atoms with Gasteiger partial charge in [-0.05, 0) is 41.5 Å². The maximum absolute atomic E-state index is 12.2. The van der Waals surface area contributed by atoms with E-state index in [0.717, 1.165) is 22.4 Å². The standard InChI is InChI=1S/C20H15N3O3/c24-19-18-10-16(14-4-6-21-7-5-14)12-23(18)17(11-22-19)9-13-2-1-3-15(8-13)20(25)26/h1-8,10-12H,9H2,(H,22,24)(H,25,26). The number of H-pyrrole nitrogens is 1. The minimum Gasteiger partial charge on any atom is -0.478 e. The van der Waals surface area contributed by atoms with Gasteiger partial charge in [-0.2, -0.15) is 0 Å². The van der Waals surface area contributed by atoms with Crippen LogP contribution in [-0.4, -0.2) is 25.4 Å². The zero-order valence-electron chi connectivity index (χ0n) is 13.7. The SMILES string of the molecule is O=C(O)c1cccc(Cc2c[nH]c(=O)c3cc(-c4ccncc4)cn23)c1. The van der Waals surface area contributed by atoms with E-state index in [1.165, 1.54) is 0 Å². The molecule has 0 radical (unpaired) electrons. The molecule has 2 N–H and O–H groups in total. The number of carboxylic acid groups (broad SMARTS) is 1. The second kappa shape index (κ2) is 6.33. The van der Waals surface area contributed by atoms with Crippen LogP contribution in [0.2, 0.25) is 0 Å². The lowest BCUT2D eigenvalue weighted by Crippen LogP contribution is -2.11. The predicted molar refractivity (Wildman–Crippen MR) is 97.5 cm³/mol. The van der Waals surface area contributed by atoms with Crippen LogP contribution < -0.4 is 5.56 Å². The molecular formula is C20H15N3O3. The molecule has 4 aromatic rings. The summed E-state index contributed by atoms with van der Waals surface area (Å²) in [5.74, 6) is -0.959. The van der Waals surface area contributed by atoms with E-state index >= 15 is 0 Å². The Labute approximate surface area is 148 Å². The Morgan fingerprint density at radius 2 is 1.92 bits per heavy atom. The predicted octanol–water partition coefficient (Wildman–Crippen LogP) is 2.98. The molecule has 0 aliphatic carbocycles. The van der Waals surface area contributed by atoms with E-state index in [4.69, 9.17) is 5.11 Å². The molecule has 0 saturated carbocycles. The van der Waals surface area contributed by atoms with Gasteiger partial charge in [0.05, 0.1) is 5.56 Å². The van der Waals surface area contributed by atoms with Crippen LogP contribution in [0, 0.1) is 0 Å². The monoisotopic (exact) mass is 345 g/mol. The van der Waals surface area contributed by atoms with Crippen LogP contribution in [0.15, 0.2) is 72.0 Å². The Balaban J connectivity index is 1.80. The van der Waals surface area contributed by atoms with Crippen molar-refractivity contribution in [2.75, 3.05) is 0 Å². The number of aromatic nitrogens is 3. The molecule has 0 unspecified atom stereocenters. The fourth-order valence-corrected chi connectivity index (χ4v) is 3.03. The van der Waals surface area contributed by atoms with E-state index in [1.807, 2.05) is 34.9 Å². The van der Waals surface area contributed by atoms with Gasteiger partial charge in [-0.3, -0.25) is 9.78 Å². The summed E-state index contributed by atoms with van der Waals surface area (Å²) in [4.78, 5) is 30.1. The fraction of sp³-hybridized carbons (Fsp3) is 0.0500. The number of fused-ring (bicyclic) bond motifs is 1. The molecule has 0 saturated heterocycles. The molecule has 128 valence electrons. The van der Waals surface area contributed by atoms with Crippen molar-refractivity contribution in [2.24, 2.45) is 0 Å². The largest absolute Gasteiger partial charge is 0.478 e. The highest BCUT2D eigenvalue weighted by Gasteiger charge is 2.10. The zero-order valence-corrected chi connectivity index (χ0v) is 13.7. The number of nitrogens with one attached hydrogen (secondary N) is 1. The van der Waals surface area contributed by atoms with Gasteiger partial charge in [0.1, 0.15) is 5.52 Å². The summed E-state index contributed by atoms with van der Waals surface area (Å²) in [7, 11) is 0. The number of pyridine rings is 1. The molecule has 26 heavy (non-hydrogen) atoms. The molecule has 0 atom stereocenters. The number of nitrogens with zero attached hydrogens (tertiary/aromatic N) is 2. The van der Waals surface area contributed by atoms with Crippen molar-refractivity contribution in [3.8, 4) is 11.1 Å². The normalized spacial score (nSPS) is 10.9. The van der Waals surface area contributed by atoms with E-state index in [2.05, 4.69) is 9.97 Å². The van der Waals surface area contributed by atoms with Crippen LogP contribution in [0.1, 0.15) is 21.6 Å². The molecule has 0 fully saturated rings. The van der Waals surface area contributed by atoms with Crippen molar-refractivity contribution in [2.45, 2.75) is 6.42 Å². The molecule has 4 rings (SSSR count). The number of aromatic amines is 1.